The van der Waals surface area contributed by atoms with Gasteiger partial charge in [0, 0.05) is 30.5 Å². The Bertz CT molecular complexity index is 553. The summed E-state index contributed by atoms with van der Waals surface area (Å²) in [6.07, 6.45) is 6.29. The number of rotatable bonds is 5. The zero-order valence-corrected chi connectivity index (χ0v) is 10.6. The molecule has 0 amide bonds. The van der Waals surface area contributed by atoms with Crippen LogP contribution in [0.5, 0.6) is 0 Å². The van der Waals surface area contributed by atoms with Gasteiger partial charge in [0.15, 0.2) is 0 Å². The fourth-order valence-electron chi connectivity index (χ4n) is 2.11. The van der Waals surface area contributed by atoms with Crippen molar-refractivity contribution in [2.45, 2.75) is 32.0 Å². The van der Waals surface area contributed by atoms with E-state index in [-0.39, 0.29) is 12.1 Å². The van der Waals surface area contributed by atoms with Crippen LogP contribution in [0.25, 0.3) is 0 Å². The molecule has 3 rings (SSSR count). The maximum Gasteiger partial charge on any atom is 0.131 e. The predicted molar refractivity (Wildman–Crippen MR) is 69.8 cm³/mol. The first-order valence-corrected chi connectivity index (χ1v) is 6.53. The summed E-state index contributed by atoms with van der Waals surface area (Å²) < 4.78 is 28.9. The van der Waals surface area contributed by atoms with Gasteiger partial charge in [-0.2, -0.15) is 0 Å². The zero-order chi connectivity index (χ0) is 13.2. The lowest BCUT2D eigenvalue weighted by molar-refractivity contribution is 0.544. The fraction of sp³-hybridized carbons (Fsp3) is 0.333. The second kappa shape index (κ2) is 5.13. The second-order valence-corrected chi connectivity index (χ2v) is 5.05. The highest BCUT2D eigenvalue weighted by molar-refractivity contribution is 5.21. The van der Waals surface area contributed by atoms with Gasteiger partial charge in [0.2, 0.25) is 0 Å². The van der Waals surface area contributed by atoms with Gasteiger partial charge in [-0.3, -0.25) is 0 Å². The maximum atomic E-state index is 13.5. The van der Waals surface area contributed by atoms with Crippen LogP contribution in [0.1, 0.15) is 24.0 Å². The third-order valence-electron chi connectivity index (χ3n) is 3.39. The normalized spacial score (nSPS) is 14.8. The monoisotopic (exact) mass is 262 g/mol. The molecule has 1 saturated carbocycles. The van der Waals surface area contributed by atoms with Crippen LogP contribution < -0.4 is 5.32 Å². The summed E-state index contributed by atoms with van der Waals surface area (Å²) in [5.74, 6) is -0.988. The minimum absolute atomic E-state index is 0.111. The maximum absolute atomic E-state index is 13.5. The van der Waals surface area contributed by atoms with Crippen molar-refractivity contribution in [1.29, 1.82) is 0 Å². The molecule has 1 fully saturated rings. The molecule has 0 atom stereocenters. The first-order chi connectivity index (χ1) is 9.22. The Morgan fingerprint density at radius 1 is 1.16 bits per heavy atom. The van der Waals surface area contributed by atoms with Crippen molar-refractivity contribution in [2.24, 2.45) is 0 Å². The molecule has 2 nitrogen and oxygen atoms in total. The molecule has 1 aromatic carbocycles. The van der Waals surface area contributed by atoms with Crippen LogP contribution in [0.2, 0.25) is 0 Å². The summed E-state index contributed by atoms with van der Waals surface area (Å²) in [6.45, 7) is 1.04. The lowest BCUT2D eigenvalue weighted by Gasteiger charge is -2.06. The van der Waals surface area contributed by atoms with E-state index in [9.17, 15) is 8.78 Å². The van der Waals surface area contributed by atoms with Crippen molar-refractivity contribution >= 4 is 0 Å². The Morgan fingerprint density at radius 2 is 1.89 bits per heavy atom. The highest BCUT2D eigenvalue weighted by Gasteiger charge is 2.20. The molecule has 0 saturated heterocycles. The number of hydrogen-bond donors (Lipinski definition) is 1. The number of nitrogens with one attached hydrogen (secondary N) is 1. The standard InChI is InChI=1S/C15H16F2N2/c16-14-2-1-3-15(17)13(14)10-19-7-6-11(9-19)8-18-12-4-5-12/h1-3,6-7,9,12,18H,4-5,8,10H2. The predicted octanol–water partition coefficient (Wildman–Crippen LogP) is 3.07. The largest absolute Gasteiger partial charge is 0.349 e. The molecule has 1 aliphatic rings. The van der Waals surface area contributed by atoms with Gasteiger partial charge < -0.3 is 9.88 Å². The number of aromatic nitrogens is 1. The number of benzene rings is 1. The van der Waals surface area contributed by atoms with Crippen molar-refractivity contribution in [2.75, 3.05) is 0 Å². The van der Waals surface area contributed by atoms with E-state index in [0.29, 0.717) is 6.04 Å². The van der Waals surface area contributed by atoms with Gasteiger partial charge in [-0.15, -0.1) is 0 Å². The SMILES string of the molecule is Fc1cccc(F)c1Cn1ccc(CNC2CC2)c1. The smallest absolute Gasteiger partial charge is 0.131 e. The van der Waals surface area contributed by atoms with Crippen LogP contribution in [0.15, 0.2) is 36.7 Å². The van der Waals surface area contributed by atoms with Gasteiger partial charge in [-0.25, -0.2) is 8.78 Å². The molecule has 1 N–H and O–H groups in total. The van der Waals surface area contributed by atoms with E-state index in [1.807, 2.05) is 23.0 Å². The summed E-state index contributed by atoms with van der Waals surface area (Å²) in [5, 5.41) is 3.41. The van der Waals surface area contributed by atoms with Crippen LogP contribution in [0.3, 0.4) is 0 Å². The molecule has 0 aliphatic heterocycles. The first-order valence-electron chi connectivity index (χ1n) is 6.53. The third kappa shape index (κ3) is 3.01. The molecular weight excluding hydrogens is 246 g/mol. The summed E-state index contributed by atoms with van der Waals surface area (Å²) >= 11 is 0. The second-order valence-electron chi connectivity index (χ2n) is 5.05. The van der Waals surface area contributed by atoms with Crippen LogP contribution in [0, 0.1) is 11.6 Å². The molecule has 1 aromatic heterocycles. The van der Waals surface area contributed by atoms with Crippen LogP contribution in [-0.4, -0.2) is 10.6 Å². The van der Waals surface area contributed by atoms with Crippen molar-refractivity contribution in [1.82, 2.24) is 9.88 Å². The van der Waals surface area contributed by atoms with E-state index < -0.39 is 11.6 Å². The molecule has 0 spiro atoms. The Morgan fingerprint density at radius 3 is 2.58 bits per heavy atom. The molecule has 1 heterocycles. The van der Waals surface area contributed by atoms with Gasteiger partial charge in [0.1, 0.15) is 11.6 Å². The van der Waals surface area contributed by atoms with Crippen LogP contribution in [-0.2, 0) is 13.1 Å². The van der Waals surface area contributed by atoms with E-state index in [1.165, 1.54) is 31.0 Å². The fourth-order valence-corrected chi connectivity index (χ4v) is 2.11. The van der Waals surface area contributed by atoms with E-state index in [1.54, 1.807) is 0 Å². The van der Waals surface area contributed by atoms with Crippen molar-refractivity contribution < 1.29 is 8.78 Å². The molecule has 19 heavy (non-hydrogen) atoms. The molecule has 0 bridgehead atoms. The van der Waals surface area contributed by atoms with Crippen LogP contribution in [0.4, 0.5) is 8.78 Å². The topological polar surface area (TPSA) is 17.0 Å². The lowest BCUT2D eigenvalue weighted by Crippen LogP contribution is -2.14. The Balaban J connectivity index is 1.68. The third-order valence-corrected chi connectivity index (χ3v) is 3.39. The number of nitrogens with zero attached hydrogens (tertiary/aromatic N) is 1. The molecule has 0 unspecified atom stereocenters. The molecule has 100 valence electrons. The minimum atomic E-state index is -0.494. The molecule has 4 heteroatoms. The van der Waals surface area contributed by atoms with E-state index in [4.69, 9.17) is 0 Å². The first kappa shape index (κ1) is 12.4. The van der Waals surface area contributed by atoms with Gasteiger partial charge >= 0.3 is 0 Å². The Kier molecular flexibility index (Phi) is 3.34. The zero-order valence-electron chi connectivity index (χ0n) is 10.6. The Labute approximate surface area is 111 Å². The van der Waals surface area contributed by atoms with E-state index >= 15 is 0 Å². The lowest BCUT2D eigenvalue weighted by atomic mass is 10.2. The number of hydrogen-bond acceptors (Lipinski definition) is 1. The van der Waals surface area contributed by atoms with Gasteiger partial charge in [0.05, 0.1) is 6.54 Å². The quantitative estimate of drug-likeness (QED) is 0.876. The Hall–Kier alpha value is -1.68. The van der Waals surface area contributed by atoms with Crippen molar-refractivity contribution in [3.05, 3.63) is 59.4 Å². The summed E-state index contributed by atoms with van der Waals surface area (Å²) in [7, 11) is 0. The summed E-state index contributed by atoms with van der Waals surface area (Å²) in [5.41, 5.74) is 1.25. The van der Waals surface area contributed by atoms with E-state index in [2.05, 4.69) is 5.32 Å². The molecule has 1 aliphatic carbocycles. The average Bonchev–Trinajstić information content (AvgIpc) is 3.11. The molecule has 0 radical (unpaired) electrons. The minimum Gasteiger partial charge on any atom is -0.349 e. The van der Waals surface area contributed by atoms with E-state index in [0.717, 1.165) is 12.1 Å². The summed E-state index contributed by atoms with van der Waals surface area (Å²) in [4.78, 5) is 0. The molecule has 2 aromatic rings. The number of halogens is 2. The highest BCUT2D eigenvalue weighted by atomic mass is 19.1. The highest BCUT2D eigenvalue weighted by Crippen LogP contribution is 2.19. The van der Waals surface area contributed by atoms with Crippen molar-refractivity contribution in [3.63, 3.8) is 0 Å². The van der Waals surface area contributed by atoms with Gasteiger partial charge in [0.25, 0.3) is 0 Å². The summed E-state index contributed by atoms with van der Waals surface area (Å²) in [6, 6.07) is 6.60. The van der Waals surface area contributed by atoms with Crippen molar-refractivity contribution in [3.8, 4) is 0 Å². The average molecular weight is 262 g/mol. The van der Waals surface area contributed by atoms with Crippen LogP contribution >= 0.6 is 0 Å². The van der Waals surface area contributed by atoms with Gasteiger partial charge in [-0.1, -0.05) is 6.07 Å². The van der Waals surface area contributed by atoms with Gasteiger partial charge in [-0.05, 0) is 36.6 Å². The molecular formula is C15H16F2N2.